The van der Waals surface area contributed by atoms with Crippen LogP contribution < -0.4 is 21.3 Å². The van der Waals surface area contributed by atoms with Gasteiger partial charge in [0.1, 0.15) is 11.6 Å². The highest BCUT2D eigenvalue weighted by Gasteiger charge is 2.20. The summed E-state index contributed by atoms with van der Waals surface area (Å²) in [6, 6.07) is 28.2. The van der Waals surface area contributed by atoms with Gasteiger partial charge in [0.05, 0.1) is 25.5 Å². The summed E-state index contributed by atoms with van der Waals surface area (Å²) in [5.74, 6) is -0.391. The van der Waals surface area contributed by atoms with Crippen molar-refractivity contribution in [2.75, 3.05) is 18.7 Å². The molecule has 12 heteroatoms. The standard InChI is InChI=1S/C29H26N4O4.CH4O3S/c1-36-22-15-16-24(26(17-22)28(34)32-21-13-11-20(12-14-21)27(30)31)23-9-5-6-10-25(23)29(35)33-37-18-19-7-3-2-4-8-19;1-5(2,3)4/h2-17H,18H2,1H3,(H3,30,31)(H,32,34)(H,33,35);1H3,(H,2,3,4). The van der Waals surface area contributed by atoms with E-state index in [1.165, 1.54) is 7.11 Å². The fourth-order valence-corrected chi connectivity index (χ4v) is 3.73. The Morgan fingerprint density at radius 2 is 1.45 bits per heavy atom. The molecule has 0 spiro atoms. The van der Waals surface area contributed by atoms with Gasteiger partial charge < -0.3 is 15.8 Å². The van der Waals surface area contributed by atoms with E-state index >= 15 is 0 Å². The molecule has 4 aromatic rings. The Bertz CT molecular complexity index is 1650. The number of nitrogen functional groups attached to an aromatic ring is 1. The third kappa shape index (κ3) is 9.55. The predicted octanol–water partition coefficient (Wildman–Crippen LogP) is 4.26. The molecule has 0 fully saturated rings. The number of rotatable bonds is 9. The zero-order valence-electron chi connectivity index (χ0n) is 22.8. The lowest BCUT2D eigenvalue weighted by Gasteiger charge is -2.15. The Balaban J connectivity index is 0.000000892. The summed E-state index contributed by atoms with van der Waals surface area (Å²) in [6.45, 7) is 0.216. The van der Waals surface area contributed by atoms with Crippen molar-refractivity contribution < 1.29 is 32.1 Å². The molecule has 4 rings (SSSR count). The maximum Gasteiger partial charge on any atom is 0.275 e. The first-order valence-electron chi connectivity index (χ1n) is 12.4. The van der Waals surface area contributed by atoms with Gasteiger partial charge >= 0.3 is 0 Å². The van der Waals surface area contributed by atoms with E-state index in [0.717, 1.165) is 5.56 Å². The van der Waals surface area contributed by atoms with Crippen molar-refractivity contribution in [3.63, 3.8) is 0 Å². The monoisotopic (exact) mass is 590 g/mol. The van der Waals surface area contributed by atoms with Gasteiger partial charge in [-0.15, -0.1) is 0 Å². The van der Waals surface area contributed by atoms with E-state index in [-0.39, 0.29) is 18.3 Å². The number of ether oxygens (including phenoxy) is 1. The fraction of sp³-hybridized carbons (Fsp3) is 0.100. The van der Waals surface area contributed by atoms with Crippen molar-refractivity contribution in [3.05, 3.63) is 119 Å². The molecular formula is C30H30N4O7S. The van der Waals surface area contributed by atoms with Crippen molar-refractivity contribution >= 4 is 33.5 Å². The Morgan fingerprint density at radius 1 is 0.857 bits per heavy atom. The summed E-state index contributed by atoms with van der Waals surface area (Å²) in [5.41, 5.74) is 11.8. The number of nitrogens with two attached hydrogens (primary N) is 1. The average Bonchev–Trinajstić information content (AvgIpc) is 2.96. The third-order valence-corrected chi connectivity index (χ3v) is 5.63. The number of carbonyl (C=O) groups is 2. The van der Waals surface area contributed by atoms with Gasteiger partial charge in [0, 0.05) is 16.8 Å². The number of hydroxylamine groups is 1. The molecule has 2 amide bonds. The molecule has 0 atom stereocenters. The molecule has 0 aliphatic carbocycles. The predicted molar refractivity (Wildman–Crippen MR) is 160 cm³/mol. The molecule has 0 saturated carbocycles. The van der Waals surface area contributed by atoms with E-state index in [2.05, 4.69) is 10.8 Å². The van der Waals surface area contributed by atoms with E-state index in [4.69, 9.17) is 25.3 Å². The second-order valence-corrected chi connectivity index (χ2v) is 10.3. The molecule has 0 heterocycles. The lowest BCUT2D eigenvalue weighted by Crippen LogP contribution is -2.24. The molecule has 4 aromatic carbocycles. The number of carbonyl (C=O) groups excluding carboxylic acids is 2. The molecule has 0 aliphatic rings. The van der Waals surface area contributed by atoms with Crippen molar-refractivity contribution in [1.82, 2.24) is 5.48 Å². The number of amides is 2. The van der Waals surface area contributed by atoms with Crippen LogP contribution in [0.4, 0.5) is 5.69 Å². The van der Waals surface area contributed by atoms with Crippen LogP contribution in [0.1, 0.15) is 31.8 Å². The molecule has 218 valence electrons. The van der Waals surface area contributed by atoms with Gasteiger partial charge in [-0.2, -0.15) is 8.42 Å². The first kappa shape index (κ1) is 31.5. The van der Waals surface area contributed by atoms with E-state index in [0.29, 0.717) is 45.5 Å². The fourth-order valence-electron chi connectivity index (χ4n) is 3.73. The molecule has 11 nitrogen and oxygen atoms in total. The molecule has 0 unspecified atom stereocenters. The van der Waals surface area contributed by atoms with Gasteiger partial charge in [0.15, 0.2) is 0 Å². The largest absolute Gasteiger partial charge is 0.497 e. The highest BCUT2D eigenvalue weighted by Crippen LogP contribution is 2.31. The van der Waals surface area contributed by atoms with Crippen LogP contribution in [0.5, 0.6) is 5.75 Å². The van der Waals surface area contributed by atoms with Crippen LogP contribution in [0.25, 0.3) is 11.1 Å². The summed E-state index contributed by atoms with van der Waals surface area (Å²) in [6.07, 6.45) is 0.715. The zero-order valence-corrected chi connectivity index (χ0v) is 23.6. The lowest BCUT2D eigenvalue weighted by molar-refractivity contribution is 0.0234. The van der Waals surface area contributed by atoms with Crippen molar-refractivity contribution in [2.45, 2.75) is 6.61 Å². The van der Waals surface area contributed by atoms with Gasteiger partial charge in [0.2, 0.25) is 0 Å². The van der Waals surface area contributed by atoms with E-state index in [1.807, 2.05) is 30.3 Å². The minimum absolute atomic E-state index is 0.0596. The van der Waals surface area contributed by atoms with Crippen LogP contribution in [0.3, 0.4) is 0 Å². The molecule has 0 radical (unpaired) electrons. The Kier molecular flexibility index (Phi) is 10.9. The number of hydrogen-bond acceptors (Lipinski definition) is 7. The molecule has 0 bridgehead atoms. The second kappa shape index (κ2) is 14.6. The Hall–Kier alpha value is -5.04. The Labute approximate surface area is 243 Å². The SMILES string of the molecule is COc1ccc(-c2ccccc2C(=O)NOCc2ccccc2)c(C(=O)Nc2ccc(C(=N)N)cc2)c1.CS(=O)(=O)O. The first-order chi connectivity index (χ1) is 20.0. The van der Waals surface area contributed by atoms with Gasteiger partial charge in [-0.25, -0.2) is 5.48 Å². The summed E-state index contributed by atoms with van der Waals surface area (Å²) < 4.78 is 31.2. The summed E-state index contributed by atoms with van der Waals surface area (Å²) >= 11 is 0. The van der Waals surface area contributed by atoms with Crippen LogP contribution in [0.15, 0.2) is 97.1 Å². The van der Waals surface area contributed by atoms with E-state index in [1.54, 1.807) is 66.7 Å². The normalized spacial score (nSPS) is 10.5. The maximum absolute atomic E-state index is 13.3. The topological polar surface area (TPSA) is 181 Å². The highest BCUT2D eigenvalue weighted by atomic mass is 32.2. The molecule has 42 heavy (non-hydrogen) atoms. The van der Waals surface area contributed by atoms with Crippen LogP contribution in [0, 0.1) is 5.41 Å². The smallest absolute Gasteiger partial charge is 0.275 e. The van der Waals surface area contributed by atoms with E-state index in [9.17, 15) is 18.0 Å². The minimum Gasteiger partial charge on any atom is -0.497 e. The summed E-state index contributed by atoms with van der Waals surface area (Å²) in [4.78, 5) is 31.8. The number of methoxy groups -OCH3 is 1. The van der Waals surface area contributed by atoms with Gasteiger partial charge in [0.25, 0.3) is 21.9 Å². The van der Waals surface area contributed by atoms with Crippen molar-refractivity contribution in [2.24, 2.45) is 5.73 Å². The molecule has 0 aliphatic heterocycles. The number of amidine groups is 1. The number of benzene rings is 4. The zero-order chi connectivity index (χ0) is 30.7. The molecule has 6 N–H and O–H groups in total. The minimum atomic E-state index is -3.67. The second-order valence-electron chi connectivity index (χ2n) is 8.84. The average molecular weight is 591 g/mol. The third-order valence-electron chi connectivity index (χ3n) is 5.63. The number of hydrogen-bond donors (Lipinski definition) is 5. The molecule has 0 saturated heterocycles. The quantitative estimate of drug-likeness (QED) is 0.0829. The molecule has 0 aromatic heterocycles. The van der Waals surface area contributed by atoms with Gasteiger partial charge in [-0.05, 0) is 65.2 Å². The van der Waals surface area contributed by atoms with Gasteiger partial charge in [-0.1, -0.05) is 48.5 Å². The van der Waals surface area contributed by atoms with Crippen LogP contribution >= 0.6 is 0 Å². The first-order valence-corrected chi connectivity index (χ1v) is 14.2. The maximum atomic E-state index is 13.3. The summed E-state index contributed by atoms with van der Waals surface area (Å²) in [7, 11) is -2.15. The van der Waals surface area contributed by atoms with Crippen LogP contribution in [-0.2, 0) is 21.6 Å². The molecular weight excluding hydrogens is 560 g/mol. The summed E-state index contributed by atoms with van der Waals surface area (Å²) in [5, 5.41) is 10.4. The van der Waals surface area contributed by atoms with Crippen LogP contribution in [-0.4, -0.2) is 44.0 Å². The van der Waals surface area contributed by atoms with Crippen molar-refractivity contribution in [1.29, 1.82) is 5.41 Å². The number of anilines is 1. The van der Waals surface area contributed by atoms with Crippen molar-refractivity contribution in [3.8, 4) is 16.9 Å². The van der Waals surface area contributed by atoms with Crippen LogP contribution in [0.2, 0.25) is 0 Å². The lowest BCUT2D eigenvalue weighted by atomic mass is 9.94. The van der Waals surface area contributed by atoms with Gasteiger partial charge in [-0.3, -0.25) is 24.4 Å². The Morgan fingerprint density at radius 3 is 2.07 bits per heavy atom. The number of nitrogens with one attached hydrogen (secondary N) is 3. The van der Waals surface area contributed by atoms with E-state index < -0.39 is 16.0 Å². The highest BCUT2D eigenvalue weighted by molar-refractivity contribution is 7.85.